The topological polar surface area (TPSA) is 66.7 Å². The molecule has 15 heavy (non-hydrogen) atoms. The van der Waals surface area contributed by atoms with Gasteiger partial charge in [-0.15, -0.1) is 0 Å². The minimum absolute atomic E-state index is 0.525. The van der Waals surface area contributed by atoms with E-state index in [1.165, 1.54) is 0 Å². The van der Waals surface area contributed by atoms with Crippen LogP contribution in [-0.2, 0) is 9.59 Å². The summed E-state index contributed by atoms with van der Waals surface area (Å²) in [5, 5.41) is 8.83. The van der Waals surface area contributed by atoms with E-state index in [1.807, 2.05) is 0 Å². The Morgan fingerprint density at radius 2 is 2.07 bits per heavy atom. The first-order chi connectivity index (χ1) is 7.18. The molecule has 0 aromatic rings. The maximum atomic E-state index is 11.4. The third kappa shape index (κ3) is 1.98. The molecule has 4 heteroatoms. The van der Waals surface area contributed by atoms with Gasteiger partial charge in [0, 0.05) is 5.71 Å². The summed E-state index contributed by atoms with van der Waals surface area (Å²) in [6.45, 7) is 0. The first-order valence-electron chi connectivity index (χ1n) is 5.24. The summed E-state index contributed by atoms with van der Waals surface area (Å²) < 4.78 is 0. The number of carboxylic acid groups (broad SMARTS) is 1. The molecule has 2 aliphatic rings. The minimum Gasteiger partial charge on any atom is -0.480 e. The van der Waals surface area contributed by atoms with E-state index in [4.69, 9.17) is 5.11 Å². The smallest absolute Gasteiger partial charge is 0.320 e. The monoisotopic (exact) mass is 207 g/mol. The van der Waals surface area contributed by atoms with Crippen LogP contribution in [-0.4, -0.2) is 22.7 Å². The predicted octanol–water partition coefficient (Wildman–Crippen LogP) is 1.56. The summed E-state index contributed by atoms with van der Waals surface area (Å²) in [6.07, 6.45) is 6.48. The molecule has 1 atom stereocenters. The molecule has 1 heterocycles. The normalized spacial score (nSPS) is 26.1. The number of aliphatic carboxylic acids is 1. The van der Waals surface area contributed by atoms with Gasteiger partial charge in [-0.25, -0.2) is 4.99 Å². The number of amides is 1. The highest BCUT2D eigenvalue weighted by atomic mass is 16.4. The molecule has 1 amide bonds. The number of allylic oxidation sites excluding steroid dienone is 1. The Kier molecular flexibility index (Phi) is 2.66. The summed E-state index contributed by atoms with van der Waals surface area (Å²) in [7, 11) is 0. The summed E-state index contributed by atoms with van der Waals surface area (Å²) in [5.41, 5.74) is 1.79. The van der Waals surface area contributed by atoms with Crippen molar-refractivity contribution in [3.63, 3.8) is 0 Å². The van der Waals surface area contributed by atoms with Crippen LogP contribution in [0.1, 0.15) is 32.1 Å². The molecule has 0 bridgehead atoms. The second kappa shape index (κ2) is 3.96. The van der Waals surface area contributed by atoms with Crippen LogP contribution in [0.25, 0.3) is 0 Å². The third-order valence-electron chi connectivity index (χ3n) is 2.88. The highest BCUT2D eigenvalue weighted by Crippen LogP contribution is 2.25. The van der Waals surface area contributed by atoms with E-state index in [0.29, 0.717) is 0 Å². The second-order valence-electron chi connectivity index (χ2n) is 3.97. The van der Waals surface area contributed by atoms with Crippen molar-refractivity contribution in [3.05, 3.63) is 11.6 Å². The Hall–Kier alpha value is -1.45. The Morgan fingerprint density at radius 1 is 1.33 bits per heavy atom. The number of nitrogens with zero attached hydrogens (tertiary/aromatic N) is 1. The molecular formula is C11H13NO3. The van der Waals surface area contributed by atoms with Gasteiger partial charge in [0.25, 0.3) is 5.91 Å². The number of carbonyl (C=O) groups is 2. The van der Waals surface area contributed by atoms with Gasteiger partial charge < -0.3 is 5.11 Å². The van der Waals surface area contributed by atoms with Gasteiger partial charge in [-0.05, 0) is 31.3 Å². The zero-order chi connectivity index (χ0) is 10.8. The molecule has 1 aliphatic heterocycles. The van der Waals surface area contributed by atoms with Crippen molar-refractivity contribution in [2.75, 3.05) is 0 Å². The van der Waals surface area contributed by atoms with Crippen LogP contribution >= 0.6 is 0 Å². The molecule has 0 radical (unpaired) electrons. The molecule has 1 aliphatic carbocycles. The number of hydrogen-bond acceptors (Lipinski definition) is 2. The lowest BCUT2D eigenvalue weighted by Crippen LogP contribution is -2.26. The van der Waals surface area contributed by atoms with E-state index < -0.39 is 17.8 Å². The molecule has 0 aromatic heterocycles. The van der Waals surface area contributed by atoms with E-state index in [2.05, 4.69) is 4.99 Å². The largest absolute Gasteiger partial charge is 0.480 e. The van der Waals surface area contributed by atoms with Gasteiger partial charge in [0.1, 0.15) is 0 Å². The average Bonchev–Trinajstić information content (AvgIpc) is 2.40. The van der Waals surface area contributed by atoms with Gasteiger partial charge in [-0.2, -0.15) is 0 Å². The maximum absolute atomic E-state index is 11.4. The first kappa shape index (κ1) is 10.1. The lowest BCUT2D eigenvalue weighted by molar-refractivity contribution is -0.143. The van der Waals surface area contributed by atoms with Gasteiger partial charge in [0.2, 0.25) is 0 Å². The second-order valence-corrected chi connectivity index (χ2v) is 3.97. The Morgan fingerprint density at radius 3 is 2.80 bits per heavy atom. The predicted molar refractivity (Wildman–Crippen MR) is 54.7 cm³/mol. The standard InChI is InChI=1S/C11H13NO3/c13-10-8(11(14)15)6-7-4-2-1-3-5-9(7)12-10/h6,8H,1-5H2,(H,14,15). The molecular weight excluding hydrogens is 194 g/mol. The molecule has 0 spiro atoms. The summed E-state index contributed by atoms with van der Waals surface area (Å²) in [5.74, 6) is -2.68. The van der Waals surface area contributed by atoms with Crippen molar-refractivity contribution >= 4 is 17.6 Å². The number of carboxylic acids is 1. The third-order valence-corrected chi connectivity index (χ3v) is 2.88. The molecule has 1 saturated carbocycles. The molecule has 1 N–H and O–H groups in total. The van der Waals surface area contributed by atoms with Crippen molar-refractivity contribution in [2.24, 2.45) is 10.9 Å². The fourth-order valence-electron chi connectivity index (χ4n) is 2.05. The maximum Gasteiger partial charge on any atom is 0.320 e. The Labute approximate surface area is 87.7 Å². The van der Waals surface area contributed by atoms with E-state index in [0.717, 1.165) is 43.4 Å². The quantitative estimate of drug-likeness (QED) is 0.663. The van der Waals surface area contributed by atoms with Crippen LogP contribution in [0.5, 0.6) is 0 Å². The van der Waals surface area contributed by atoms with Crippen LogP contribution in [0.4, 0.5) is 0 Å². The highest BCUT2D eigenvalue weighted by molar-refractivity contribution is 6.14. The number of rotatable bonds is 1. The fourth-order valence-corrected chi connectivity index (χ4v) is 2.05. The Bertz CT molecular complexity index is 368. The van der Waals surface area contributed by atoms with Gasteiger partial charge in [0.15, 0.2) is 5.92 Å². The average molecular weight is 207 g/mol. The summed E-state index contributed by atoms with van der Waals surface area (Å²) >= 11 is 0. The number of carbonyl (C=O) groups excluding carboxylic acids is 1. The molecule has 0 aromatic carbocycles. The highest BCUT2D eigenvalue weighted by Gasteiger charge is 2.29. The summed E-state index contributed by atoms with van der Waals surface area (Å²) in [4.78, 5) is 26.1. The van der Waals surface area contributed by atoms with Gasteiger partial charge in [-0.3, -0.25) is 9.59 Å². The van der Waals surface area contributed by atoms with E-state index in [-0.39, 0.29) is 0 Å². The molecule has 80 valence electrons. The van der Waals surface area contributed by atoms with Crippen LogP contribution in [0.15, 0.2) is 16.6 Å². The van der Waals surface area contributed by atoms with Crippen LogP contribution < -0.4 is 0 Å². The lowest BCUT2D eigenvalue weighted by atomic mass is 9.95. The number of dihydropyridines is 1. The molecule has 4 nitrogen and oxygen atoms in total. The zero-order valence-electron chi connectivity index (χ0n) is 8.40. The first-order valence-corrected chi connectivity index (χ1v) is 5.24. The van der Waals surface area contributed by atoms with Crippen LogP contribution in [0.2, 0.25) is 0 Å². The van der Waals surface area contributed by atoms with Gasteiger partial charge in [-0.1, -0.05) is 12.5 Å². The van der Waals surface area contributed by atoms with Crippen LogP contribution in [0.3, 0.4) is 0 Å². The molecule has 1 fully saturated rings. The van der Waals surface area contributed by atoms with Gasteiger partial charge in [0.05, 0.1) is 0 Å². The number of fused-ring (bicyclic) bond motifs is 1. The van der Waals surface area contributed by atoms with E-state index >= 15 is 0 Å². The van der Waals surface area contributed by atoms with E-state index in [9.17, 15) is 9.59 Å². The van der Waals surface area contributed by atoms with Crippen molar-refractivity contribution in [1.29, 1.82) is 0 Å². The number of hydrogen-bond donors (Lipinski definition) is 1. The summed E-state index contributed by atoms with van der Waals surface area (Å²) in [6, 6.07) is 0. The lowest BCUT2D eigenvalue weighted by Gasteiger charge is -2.15. The molecule has 2 rings (SSSR count). The number of aliphatic imine (C=N–C) groups is 1. The molecule has 1 unspecified atom stereocenters. The van der Waals surface area contributed by atoms with Crippen molar-refractivity contribution in [3.8, 4) is 0 Å². The minimum atomic E-state index is -1.10. The van der Waals surface area contributed by atoms with Crippen molar-refractivity contribution < 1.29 is 14.7 Å². The fraction of sp³-hybridized carbons (Fsp3) is 0.545. The Balaban J connectivity index is 2.29. The van der Waals surface area contributed by atoms with Crippen LogP contribution in [0, 0.1) is 5.92 Å². The zero-order valence-corrected chi connectivity index (χ0v) is 8.40. The van der Waals surface area contributed by atoms with E-state index in [1.54, 1.807) is 6.08 Å². The van der Waals surface area contributed by atoms with Crippen molar-refractivity contribution in [1.82, 2.24) is 0 Å². The molecule has 0 saturated heterocycles. The van der Waals surface area contributed by atoms with Crippen molar-refractivity contribution in [2.45, 2.75) is 32.1 Å². The van der Waals surface area contributed by atoms with Gasteiger partial charge >= 0.3 is 5.97 Å². The SMILES string of the molecule is O=C(O)C1C=C2CCCCCC2=NC1=O.